The number of piperidine rings is 1. The van der Waals surface area contributed by atoms with Crippen LogP contribution in [-0.4, -0.2) is 53.8 Å². The van der Waals surface area contributed by atoms with Crippen LogP contribution in [0.5, 0.6) is 0 Å². The highest BCUT2D eigenvalue weighted by Crippen LogP contribution is 2.16. The van der Waals surface area contributed by atoms with E-state index in [2.05, 4.69) is 22.3 Å². The Morgan fingerprint density at radius 3 is 2.74 bits per heavy atom. The number of rotatable bonds is 6. The van der Waals surface area contributed by atoms with Gasteiger partial charge in [0.1, 0.15) is 0 Å². The molecule has 1 aromatic rings. The maximum Gasteiger partial charge on any atom is 0.222 e. The second-order valence-electron chi connectivity index (χ2n) is 7.71. The number of nitrogens with one attached hydrogen (secondary N) is 1. The number of carbonyl (C=O) groups excluding carboxylic acids is 2. The highest BCUT2D eigenvalue weighted by Gasteiger charge is 2.22. The Morgan fingerprint density at radius 2 is 1.93 bits per heavy atom. The summed E-state index contributed by atoms with van der Waals surface area (Å²) in [6.07, 6.45) is 6.28. The molecule has 0 aromatic heterocycles. The predicted octanol–water partition coefficient (Wildman–Crippen LogP) is 3.21. The van der Waals surface area contributed by atoms with E-state index in [4.69, 9.17) is 11.6 Å². The molecule has 27 heavy (non-hydrogen) atoms. The number of amides is 2. The third-order valence-corrected chi connectivity index (χ3v) is 5.72. The molecule has 2 saturated heterocycles. The van der Waals surface area contributed by atoms with Crippen molar-refractivity contribution in [3.05, 3.63) is 34.9 Å². The van der Waals surface area contributed by atoms with Gasteiger partial charge in [-0.15, -0.1) is 0 Å². The van der Waals surface area contributed by atoms with Gasteiger partial charge in [0.15, 0.2) is 0 Å². The van der Waals surface area contributed by atoms with Crippen molar-refractivity contribution in [2.45, 2.75) is 57.5 Å². The summed E-state index contributed by atoms with van der Waals surface area (Å²) < 4.78 is 0. The molecular weight excluding hydrogens is 362 g/mol. The van der Waals surface area contributed by atoms with Crippen LogP contribution in [0.15, 0.2) is 24.3 Å². The topological polar surface area (TPSA) is 52.7 Å². The van der Waals surface area contributed by atoms with E-state index in [0.717, 1.165) is 63.3 Å². The maximum absolute atomic E-state index is 12.4. The van der Waals surface area contributed by atoms with E-state index in [-0.39, 0.29) is 17.9 Å². The lowest BCUT2D eigenvalue weighted by atomic mass is 10.0. The zero-order valence-corrected chi connectivity index (χ0v) is 16.7. The molecule has 148 valence electrons. The Kier molecular flexibility index (Phi) is 7.53. The van der Waals surface area contributed by atoms with Crippen LogP contribution in [-0.2, 0) is 16.1 Å². The summed E-state index contributed by atoms with van der Waals surface area (Å²) in [6, 6.07) is 8.15. The van der Waals surface area contributed by atoms with E-state index in [0.29, 0.717) is 19.4 Å². The minimum absolute atomic E-state index is 0.0605. The molecule has 5 nitrogen and oxygen atoms in total. The number of carbonyl (C=O) groups is 2. The molecule has 2 amide bonds. The first-order valence-electron chi connectivity index (χ1n) is 10.1. The van der Waals surface area contributed by atoms with Crippen molar-refractivity contribution in [2.75, 3.05) is 26.2 Å². The van der Waals surface area contributed by atoms with Crippen LogP contribution in [0, 0.1) is 0 Å². The molecule has 6 heteroatoms. The molecule has 0 bridgehead atoms. The van der Waals surface area contributed by atoms with Gasteiger partial charge in [-0.25, -0.2) is 0 Å². The maximum atomic E-state index is 12.4. The zero-order chi connectivity index (χ0) is 19.1. The number of likely N-dealkylation sites (tertiary alicyclic amines) is 2. The summed E-state index contributed by atoms with van der Waals surface area (Å²) in [7, 11) is 0. The van der Waals surface area contributed by atoms with Gasteiger partial charge in [0.05, 0.1) is 0 Å². The molecule has 1 N–H and O–H groups in total. The first-order valence-corrected chi connectivity index (χ1v) is 10.5. The van der Waals surface area contributed by atoms with Crippen LogP contribution >= 0.6 is 11.6 Å². The fourth-order valence-corrected chi connectivity index (χ4v) is 4.10. The monoisotopic (exact) mass is 391 g/mol. The number of hydrogen-bond donors (Lipinski definition) is 1. The second-order valence-corrected chi connectivity index (χ2v) is 8.15. The van der Waals surface area contributed by atoms with Crippen molar-refractivity contribution in [2.24, 2.45) is 0 Å². The summed E-state index contributed by atoms with van der Waals surface area (Å²) in [4.78, 5) is 28.6. The molecule has 2 heterocycles. The number of hydrogen-bond acceptors (Lipinski definition) is 3. The van der Waals surface area contributed by atoms with Crippen LogP contribution in [0.25, 0.3) is 0 Å². The number of nitrogens with zero attached hydrogens (tertiary/aromatic N) is 2. The van der Waals surface area contributed by atoms with Crippen molar-refractivity contribution in [1.82, 2.24) is 15.1 Å². The van der Waals surface area contributed by atoms with Crippen molar-refractivity contribution >= 4 is 23.4 Å². The molecule has 2 fully saturated rings. The molecule has 1 unspecified atom stereocenters. The van der Waals surface area contributed by atoms with Gasteiger partial charge >= 0.3 is 0 Å². The normalized spacial score (nSPS) is 21.7. The van der Waals surface area contributed by atoms with Crippen LogP contribution < -0.4 is 5.32 Å². The summed E-state index contributed by atoms with van der Waals surface area (Å²) >= 11 is 5.95. The summed E-state index contributed by atoms with van der Waals surface area (Å²) in [5, 5.41) is 3.93. The molecule has 2 aliphatic rings. The molecular formula is C21H30ClN3O2. The highest BCUT2D eigenvalue weighted by molar-refractivity contribution is 6.30. The van der Waals surface area contributed by atoms with Gasteiger partial charge < -0.3 is 10.2 Å². The molecule has 3 rings (SSSR count). The third-order valence-electron chi connectivity index (χ3n) is 5.47. The fraction of sp³-hybridized carbons (Fsp3) is 0.619. The summed E-state index contributed by atoms with van der Waals surface area (Å²) in [5.74, 6) is 0.262. The number of benzene rings is 1. The van der Waals surface area contributed by atoms with E-state index in [9.17, 15) is 9.59 Å². The lowest BCUT2D eigenvalue weighted by molar-refractivity contribution is -0.131. The summed E-state index contributed by atoms with van der Waals surface area (Å²) in [5.41, 5.74) is 1.24. The Balaban J connectivity index is 1.42. The zero-order valence-electron chi connectivity index (χ0n) is 16.0. The van der Waals surface area contributed by atoms with E-state index < -0.39 is 0 Å². The van der Waals surface area contributed by atoms with Gasteiger partial charge in [-0.3, -0.25) is 14.5 Å². The lowest BCUT2D eigenvalue weighted by Crippen LogP contribution is -2.48. The molecule has 1 atom stereocenters. The third kappa shape index (κ3) is 6.51. The quantitative estimate of drug-likeness (QED) is 0.810. The standard InChI is InChI=1S/C21H30ClN3O2/c22-18-9-7-17(8-10-18)15-24-12-4-5-19(16-24)23-20(26)11-14-25-13-3-1-2-6-21(25)27/h7-10,19H,1-6,11-16H2,(H,23,26). The van der Waals surface area contributed by atoms with Crippen molar-refractivity contribution in [3.63, 3.8) is 0 Å². The average Bonchev–Trinajstić information content (AvgIpc) is 2.86. The van der Waals surface area contributed by atoms with Gasteiger partial charge in [-0.2, -0.15) is 0 Å². The summed E-state index contributed by atoms with van der Waals surface area (Å²) in [6.45, 7) is 4.15. The van der Waals surface area contributed by atoms with Crippen molar-refractivity contribution < 1.29 is 9.59 Å². The first-order chi connectivity index (χ1) is 13.1. The predicted molar refractivity (Wildman–Crippen MR) is 108 cm³/mol. The minimum Gasteiger partial charge on any atom is -0.352 e. The van der Waals surface area contributed by atoms with Crippen molar-refractivity contribution in [1.29, 1.82) is 0 Å². The van der Waals surface area contributed by atoms with E-state index in [1.54, 1.807) is 0 Å². The molecule has 0 aliphatic carbocycles. The van der Waals surface area contributed by atoms with Crippen molar-refractivity contribution in [3.8, 4) is 0 Å². The molecule has 0 radical (unpaired) electrons. The molecule has 0 saturated carbocycles. The fourth-order valence-electron chi connectivity index (χ4n) is 3.98. The van der Waals surface area contributed by atoms with Crippen LogP contribution in [0.4, 0.5) is 0 Å². The smallest absolute Gasteiger partial charge is 0.222 e. The SMILES string of the molecule is O=C(CCN1CCCCCC1=O)NC1CCCN(Cc2ccc(Cl)cc2)C1. The van der Waals surface area contributed by atoms with Gasteiger partial charge in [0, 0.05) is 50.1 Å². The van der Waals surface area contributed by atoms with E-state index in [1.165, 1.54) is 5.56 Å². The molecule has 0 spiro atoms. The lowest BCUT2D eigenvalue weighted by Gasteiger charge is -2.33. The minimum atomic E-state index is 0.0605. The van der Waals surface area contributed by atoms with Crippen LogP contribution in [0.3, 0.4) is 0 Å². The van der Waals surface area contributed by atoms with Gasteiger partial charge in [-0.05, 0) is 49.9 Å². The number of halogens is 1. The Labute approximate surface area is 167 Å². The van der Waals surface area contributed by atoms with E-state index in [1.807, 2.05) is 17.0 Å². The Morgan fingerprint density at radius 1 is 1.11 bits per heavy atom. The first kappa shape index (κ1) is 20.2. The Bertz CT molecular complexity index is 635. The Hall–Kier alpha value is -1.59. The second kappa shape index (κ2) is 10.1. The average molecular weight is 392 g/mol. The molecule has 1 aromatic carbocycles. The van der Waals surface area contributed by atoms with Crippen LogP contribution in [0.1, 0.15) is 50.5 Å². The van der Waals surface area contributed by atoms with Crippen LogP contribution in [0.2, 0.25) is 5.02 Å². The van der Waals surface area contributed by atoms with E-state index >= 15 is 0 Å². The van der Waals surface area contributed by atoms with Gasteiger partial charge in [-0.1, -0.05) is 30.2 Å². The van der Waals surface area contributed by atoms with Gasteiger partial charge in [0.2, 0.25) is 11.8 Å². The van der Waals surface area contributed by atoms with Gasteiger partial charge in [0.25, 0.3) is 0 Å². The molecule has 2 aliphatic heterocycles. The highest BCUT2D eigenvalue weighted by atomic mass is 35.5. The largest absolute Gasteiger partial charge is 0.352 e.